The minimum absolute atomic E-state index is 0.209. The molecular weight excluding hydrogens is 356 g/mol. The summed E-state index contributed by atoms with van der Waals surface area (Å²) < 4.78 is 26.1. The van der Waals surface area contributed by atoms with Gasteiger partial charge >= 0.3 is 0 Å². The maximum atomic E-state index is 12.2. The fourth-order valence-electron chi connectivity index (χ4n) is 4.64. The molecule has 0 aliphatic carbocycles. The predicted molar refractivity (Wildman–Crippen MR) is 109 cm³/mol. The monoisotopic (exact) mass is 384 g/mol. The van der Waals surface area contributed by atoms with Crippen molar-refractivity contribution in [1.29, 1.82) is 0 Å². The van der Waals surface area contributed by atoms with E-state index in [1.165, 1.54) is 11.1 Å². The van der Waals surface area contributed by atoms with E-state index in [0.717, 1.165) is 19.6 Å². The van der Waals surface area contributed by atoms with Crippen LogP contribution in [-0.2, 0) is 10.0 Å². The lowest BCUT2D eigenvalue weighted by Gasteiger charge is -2.26. The number of hydrogen-bond acceptors (Lipinski definition) is 3. The zero-order chi connectivity index (χ0) is 18.9. The van der Waals surface area contributed by atoms with E-state index >= 15 is 0 Å². The smallest absolute Gasteiger partial charge is 0.213 e. The first kappa shape index (κ1) is 18.7. The number of sulfonamides is 1. The van der Waals surface area contributed by atoms with Crippen LogP contribution in [0.15, 0.2) is 60.7 Å². The Labute approximate surface area is 162 Å². The Morgan fingerprint density at radius 1 is 0.852 bits per heavy atom. The van der Waals surface area contributed by atoms with E-state index < -0.39 is 10.0 Å². The van der Waals surface area contributed by atoms with Crippen molar-refractivity contribution in [3.05, 3.63) is 71.8 Å². The van der Waals surface area contributed by atoms with Crippen molar-refractivity contribution in [2.24, 2.45) is 11.8 Å². The first-order valence-corrected chi connectivity index (χ1v) is 11.5. The molecule has 2 atom stereocenters. The highest BCUT2D eigenvalue weighted by Crippen LogP contribution is 2.35. The summed E-state index contributed by atoms with van der Waals surface area (Å²) in [6, 6.07) is 21.4. The van der Waals surface area contributed by atoms with E-state index in [-0.39, 0.29) is 5.75 Å². The van der Waals surface area contributed by atoms with Gasteiger partial charge in [-0.2, -0.15) is 0 Å². The predicted octanol–water partition coefficient (Wildman–Crippen LogP) is 3.03. The van der Waals surface area contributed by atoms with E-state index in [1.807, 2.05) is 0 Å². The molecular formula is C22H28N2O2S. The molecule has 0 aromatic heterocycles. The number of fused-ring (bicyclic) bond motifs is 1. The van der Waals surface area contributed by atoms with Crippen LogP contribution in [0.3, 0.4) is 0 Å². The molecule has 0 bridgehead atoms. The molecule has 0 unspecified atom stereocenters. The fourth-order valence-corrected chi connectivity index (χ4v) is 5.84. The van der Waals surface area contributed by atoms with Crippen LogP contribution in [0.4, 0.5) is 0 Å². The maximum absolute atomic E-state index is 12.2. The van der Waals surface area contributed by atoms with Crippen LogP contribution in [0.25, 0.3) is 0 Å². The Hall–Kier alpha value is -1.69. The molecule has 144 valence electrons. The zero-order valence-electron chi connectivity index (χ0n) is 15.9. The lowest BCUT2D eigenvalue weighted by atomic mass is 9.91. The average Bonchev–Trinajstić information content (AvgIpc) is 3.27. The molecule has 0 radical (unpaired) electrons. The van der Waals surface area contributed by atoms with Crippen LogP contribution in [0.1, 0.15) is 24.0 Å². The topological polar surface area (TPSA) is 40.6 Å². The molecule has 4 nitrogen and oxygen atoms in total. The number of benzene rings is 2. The van der Waals surface area contributed by atoms with Gasteiger partial charge in [-0.25, -0.2) is 12.7 Å². The molecule has 2 aliphatic heterocycles. The molecule has 2 heterocycles. The van der Waals surface area contributed by atoms with Gasteiger partial charge in [0.05, 0.1) is 5.75 Å². The van der Waals surface area contributed by atoms with Gasteiger partial charge in [-0.15, -0.1) is 0 Å². The van der Waals surface area contributed by atoms with Crippen molar-refractivity contribution in [2.45, 2.75) is 12.8 Å². The van der Waals surface area contributed by atoms with Gasteiger partial charge in [-0.3, -0.25) is 0 Å². The molecule has 0 saturated carbocycles. The normalized spacial score (nSPS) is 23.8. The lowest BCUT2D eigenvalue weighted by Crippen LogP contribution is -2.35. The molecule has 2 aliphatic rings. The minimum atomic E-state index is -3.05. The largest absolute Gasteiger partial charge is 0.302 e. The molecule has 27 heavy (non-hydrogen) atoms. The van der Waals surface area contributed by atoms with Gasteiger partial charge in [0.2, 0.25) is 10.0 Å². The van der Waals surface area contributed by atoms with Gasteiger partial charge in [-0.1, -0.05) is 60.7 Å². The van der Waals surface area contributed by atoms with Crippen LogP contribution in [0, 0.1) is 11.8 Å². The van der Waals surface area contributed by atoms with Crippen LogP contribution in [0.5, 0.6) is 0 Å². The third-order valence-electron chi connectivity index (χ3n) is 6.13. The van der Waals surface area contributed by atoms with E-state index in [9.17, 15) is 8.42 Å². The Morgan fingerprint density at radius 2 is 1.33 bits per heavy atom. The summed E-state index contributed by atoms with van der Waals surface area (Å²) in [6.45, 7) is 6.10. The van der Waals surface area contributed by atoms with E-state index in [1.54, 1.807) is 11.2 Å². The van der Waals surface area contributed by atoms with Gasteiger partial charge in [0.25, 0.3) is 0 Å². The van der Waals surface area contributed by atoms with Crippen molar-refractivity contribution in [2.75, 3.05) is 38.5 Å². The first-order chi connectivity index (χ1) is 13.1. The highest BCUT2D eigenvalue weighted by Gasteiger charge is 2.43. The van der Waals surface area contributed by atoms with E-state index in [2.05, 4.69) is 65.6 Å². The standard InChI is InChI=1S/C22H28N2O2S/c1-2-27(25,26)24-15-20-13-23(14-21(20)16-24)17-22(18-9-5-3-6-10-18)19-11-7-4-8-12-19/h3-12,20-22H,2,13-17H2,1H3/t20-,21-/m1/s1. The molecule has 0 amide bonds. The Bertz CT molecular complexity index is 801. The molecule has 2 fully saturated rings. The number of hydrogen-bond donors (Lipinski definition) is 0. The van der Waals surface area contributed by atoms with Gasteiger partial charge in [0.1, 0.15) is 0 Å². The summed E-state index contributed by atoms with van der Waals surface area (Å²) in [5.41, 5.74) is 2.69. The van der Waals surface area contributed by atoms with Crippen molar-refractivity contribution >= 4 is 10.0 Å². The maximum Gasteiger partial charge on any atom is 0.213 e. The van der Waals surface area contributed by atoms with Crippen molar-refractivity contribution < 1.29 is 8.42 Å². The second-order valence-electron chi connectivity index (χ2n) is 7.83. The molecule has 0 N–H and O–H groups in total. The zero-order valence-corrected chi connectivity index (χ0v) is 16.7. The average molecular weight is 385 g/mol. The second-order valence-corrected chi connectivity index (χ2v) is 10.1. The molecule has 2 aromatic rings. The quantitative estimate of drug-likeness (QED) is 0.769. The minimum Gasteiger partial charge on any atom is -0.302 e. The van der Waals surface area contributed by atoms with Gasteiger partial charge < -0.3 is 4.90 Å². The number of nitrogens with zero attached hydrogens (tertiary/aromatic N) is 2. The second kappa shape index (κ2) is 7.74. The summed E-state index contributed by atoms with van der Waals surface area (Å²) in [7, 11) is -3.05. The Balaban J connectivity index is 1.47. The summed E-state index contributed by atoms with van der Waals surface area (Å²) in [6.07, 6.45) is 0. The Morgan fingerprint density at radius 3 is 1.78 bits per heavy atom. The lowest BCUT2D eigenvalue weighted by molar-refractivity contribution is 0.288. The SMILES string of the molecule is CCS(=O)(=O)N1C[C@H]2CN(CC(c3ccccc3)c3ccccc3)C[C@@H]2C1. The first-order valence-electron chi connectivity index (χ1n) is 9.87. The van der Waals surface area contributed by atoms with Gasteiger partial charge in [0.15, 0.2) is 0 Å². The van der Waals surface area contributed by atoms with Crippen molar-refractivity contribution in [3.8, 4) is 0 Å². The molecule has 2 aromatic carbocycles. The number of rotatable bonds is 6. The van der Waals surface area contributed by atoms with Crippen LogP contribution in [0.2, 0.25) is 0 Å². The molecule has 2 saturated heterocycles. The molecule has 4 rings (SSSR count). The molecule has 5 heteroatoms. The van der Waals surface area contributed by atoms with Crippen LogP contribution in [-0.4, -0.2) is 56.1 Å². The van der Waals surface area contributed by atoms with Gasteiger partial charge in [0, 0.05) is 38.6 Å². The highest BCUT2D eigenvalue weighted by molar-refractivity contribution is 7.89. The third kappa shape index (κ3) is 3.96. The van der Waals surface area contributed by atoms with Crippen molar-refractivity contribution in [3.63, 3.8) is 0 Å². The number of likely N-dealkylation sites (tertiary alicyclic amines) is 1. The summed E-state index contributed by atoms with van der Waals surface area (Å²) in [5, 5.41) is 0. The van der Waals surface area contributed by atoms with Crippen LogP contribution < -0.4 is 0 Å². The Kier molecular flexibility index (Phi) is 5.35. The van der Waals surface area contributed by atoms with E-state index in [0.29, 0.717) is 30.8 Å². The third-order valence-corrected chi connectivity index (χ3v) is 7.95. The summed E-state index contributed by atoms with van der Waals surface area (Å²) >= 11 is 0. The van der Waals surface area contributed by atoms with Crippen LogP contribution >= 0.6 is 0 Å². The highest BCUT2D eigenvalue weighted by atomic mass is 32.2. The fraction of sp³-hybridized carbons (Fsp3) is 0.455. The van der Waals surface area contributed by atoms with Gasteiger partial charge in [-0.05, 0) is 29.9 Å². The molecule has 0 spiro atoms. The summed E-state index contributed by atoms with van der Waals surface area (Å²) in [5.74, 6) is 1.50. The summed E-state index contributed by atoms with van der Waals surface area (Å²) in [4.78, 5) is 2.54. The van der Waals surface area contributed by atoms with E-state index in [4.69, 9.17) is 0 Å². The van der Waals surface area contributed by atoms with Crippen molar-refractivity contribution in [1.82, 2.24) is 9.21 Å².